The third-order valence-corrected chi connectivity index (χ3v) is 4.73. The SMILES string of the molecule is CC1(O)CCCN(C(=O)CSc2ccc(Br)cc2)C1. The van der Waals surface area contributed by atoms with Crippen molar-refractivity contribution in [3.8, 4) is 0 Å². The van der Waals surface area contributed by atoms with Crippen LogP contribution in [0.25, 0.3) is 0 Å². The van der Waals surface area contributed by atoms with Crippen molar-refractivity contribution in [2.75, 3.05) is 18.8 Å². The second-order valence-electron chi connectivity index (χ2n) is 5.16. The van der Waals surface area contributed by atoms with Crippen LogP contribution < -0.4 is 0 Å². The maximum Gasteiger partial charge on any atom is 0.233 e. The van der Waals surface area contributed by atoms with Crippen LogP contribution in [0.4, 0.5) is 0 Å². The lowest BCUT2D eigenvalue weighted by atomic mass is 9.95. The molecule has 1 fully saturated rings. The first kappa shape index (κ1) is 14.9. The van der Waals surface area contributed by atoms with Crippen molar-refractivity contribution in [2.24, 2.45) is 0 Å². The Hall–Kier alpha value is -0.520. The predicted octanol–water partition coefficient (Wildman–Crippen LogP) is 2.91. The van der Waals surface area contributed by atoms with Crippen molar-refractivity contribution in [3.05, 3.63) is 28.7 Å². The van der Waals surface area contributed by atoms with Crippen LogP contribution in [0, 0.1) is 0 Å². The average molecular weight is 344 g/mol. The van der Waals surface area contributed by atoms with E-state index in [2.05, 4.69) is 15.9 Å². The molecule has 104 valence electrons. The number of benzene rings is 1. The number of β-amino-alcohol motifs (C(OH)–C–C–N with tert-alkyl or cyclic N) is 1. The molecule has 19 heavy (non-hydrogen) atoms. The first-order valence-corrected chi connectivity index (χ1v) is 8.13. The molecule has 1 heterocycles. The molecule has 2 rings (SSSR count). The molecule has 0 spiro atoms. The second-order valence-corrected chi connectivity index (χ2v) is 7.12. The molecule has 0 aromatic heterocycles. The van der Waals surface area contributed by atoms with Gasteiger partial charge in [0.15, 0.2) is 0 Å². The molecule has 0 bridgehead atoms. The summed E-state index contributed by atoms with van der Waals surface area (Å²) in [6, 6.07) is 7.93. The summed E-state index contributed by atoms with van der Waals surface area (Å²) < 4.78 is 1.04. The molecule has 1 atom stereocenters. The van der Waals surface area contributed by atoms with Gasteiger partial charge in [0.1, 0.15) is 0 Å². The molecule has 1 aliphatic rings. The summed E-state index contributed by atoms with van der Waals surface area (Å²) in [5.74, 6) is 0.533. The first-order valence-electron chi connectivity index (χ1n) is 6.35. The number of aliphatic hydroxyl groups is 1. The topological polar surface area (TPSA) is 40.5 Å². The Bertz CT molecular complexity index is 447. The van der Waals surface area contributed by atoms with Crippen LogP contribution >= 0.6 is 27.7 Å². The zero-order chi connectivity index (χ0) is 13.9. The van der Waals surface area contributed by atoms with E-state index in [1.165, 1.54) is 11.8 Å². The van der Waals surface area contributed by atoms with Gasteiger partial charge in [-0.05, 0) is 44.0 Å². The zero-order valence-corrected chi connectivity index (χ0v) is 13.3. The lowest BCUT2D eigenvalue weighted by Gasteiger charge is -2.36. The highest BCUT2D eigenvalue weighted by atomic mass is 79.9. The largest absolute Gasteiger partial charge is 0.388 e. The fraction of sp³-hybridized carbons (Fsp3) is 0.500. The van der Waals surface area contributed by atoms with Gasteiger partial charge in [-0.2, -0.15) is 0 Å². The van der Waals surface area contributed by atoms with E-state index < -0.39 is 5.60 Å². The van der Waals surface area contributed by atoms with Crippen LogP contribution in [-0.2, 0) is 4.79 Å². The Morgan fingerprint density at radius 1 is 1.47 bits per heavy atom. The van der Waals surface area contributed by atoms with E-state index in [0.717, 1.165) is 28.8 Å². The zero-order valence-electron chi connectivity index (χ0n) is 10.9. The molecule has 3 nitrogen and oxygen atoms in total. The number of rotatable bonds is 3. The maximum absolute atomic E-state index is 12.1. The van der Waals surface area contributed by atoms with Crippen LogP contribution in [0.1, 0.15) is 19.8 Å². The van der Waals surface area contributed by atoms with Gasteiger partial charge < -0.3 is 10.0 Å². The van der Waals surface area contributed by atoms with Gasteiger partial charge in [-0.3, -0.25) is 4.79 Å². The van der Waals surface area contributed by atoms with Crippen LogP contribution in [-0.4, -0.2) is 40.4 Å². The van der Waals surface area contributed by atoms with Crippen molar-refractivity contribution >= 4 is 33.6 Å². The summed E-state index contributed by atoms with van der Waals surface area (Å²) in [5.41, 5.74) is -0.726. The molecular formula is C14H18BrNO2S. The van der Waals surface area contributed by atoms with E-state index in [-0.39, 0.29) is 5.91 Å². The smallest absolute Gasteiger partial charge is 0.233 e. The molecule has 1 amide bonds. The Balaban J connectivity index is 1.85. The Morgan fingerprint density at radius 2 is 2.16 bits per heavy atom. The molecule has 0 saturated carbocycles. The predicted molar refractivity (Wildman–Crippen MR) is 81.3 cm³/mol. The minimum absolute atomic E-state index is 0.105. The van der Waals surface area contributed by atoms with E-state index in [0.29, 0.717) is 12.3 Å². The van der Waals surface area contributed by atoms with Crippen LogP contribution in [0.2, 0.25) is 0 Å². The van der Waals surface area contributed by atoms with E-state index in [1.807, 2.05) is 24.3 Å². The van der Waals surface area contributed by atoms with E-state index in [4.69, 9.17) is 0 Å². The van der Waals surface area contributed by atoms with Gasteiger partial charge in [-0.15, -0.1) is 11.8 Å². The Morgan fingerprint density at radius 3 is 2.79 bits per heavy atom. The van der Waals surface area contributed by atoms with Gasteiger partial charge in [0.2, 0.25) is 5.91 Å². The molecule has 0 aliphatic carbocycles. The van der Waals surface area contributed by atoms with Crippen molar-refractivity contribution in [2.45, 2.75) is 30.3 Å². The van der Waals surface area contributed by atoms with E-state index in [1.54, 1.807) is 11.8 Å². The first-order chi connectivity index (χ1) is 8.96. The molecule has 1 aromatic rings. The summed E-state index contributed by atoms with van der Waals surface area (Å²) in [6.07, 6.45) is 1.65. The second kappa shape index (κ2) is 6.29. The number of hydrogen-bond acceptors (Lipinski definition) is 3. The molecule has 1 aromatic carbocycles. The highest BCUT2D eigenvalue weighted by Gasteiger charge is 2.30. The number of thioether (sulfide) groups is 1. The minimum Gasteiger partial charge on any atom is -0.388 e. The van der Waals surface area contributed by atoms with Crippen molar-refractivity contribution < 1.29 is 9.90 Å². The van der Waals surface area contributed by atoms with Crippen LogP contribution in [0.15, 0.2) is 33.6 Å². The number of hydrogen-bond donors (Lipinski definition) is 1. The number of piperidine rings is 1. The van der Waals surface area contributed by atoms with Gasteiger partial charge in [0.25, 0.3) is 0 Å². The highest BCUT2D eigenvalue weighted by Crippen LogP contribution is 2.24. The summed E-state index contributed by atoms with van der Waals surface area (Å²) in [4.78, 5) is 15.0. The van der Waals surface area contributed by atoms with Gasteiger partial charge in [-0.25, -0.2) is 0 Å². The quantitative estimate of drug-likeness (QED) is 0.858. The van der Waals surface area contributed by atoms with E-state index >= 15 is 0 Å². The fourth-order valence-corrected chi connectivity index (χ4v) is 3.27. The van der Waals surface area contributed by atoms with Crippen molar-refractivity contribution in [1.29, 1.82) is 0 Å². The summed E-state index contributed by atoms with van der Waals surface area (Å²) in [6.45, 7) is 3.01. The normalized spacial score (nSPS) is 23.4. The maximum atomic E-state index is 12.1. The Labute approximate surface area is 126 Å². The molecule has 1 saturated heterocycles. The van der Waals surface area contributed by atoms with Crippen molar-refractivity contribution in [1.82, 2.24) is 4.90 Å². The molecule has 1 N–H and O–H groups in total. The third-order valence-electron chi connectivity index (χ3n) is 3.20. The van der Waals surface area contributed by atoms with Crippen LogP contribution in [0.3, 0.4) is 0 Å². The summed E-state index contributed by atoms with van der Waals surface area (Å²) in [7, 11) is 0. The van der Waals surface area contributed by atoms with Crippen molar-refractivity contribution in [3.63, 3.8) is 0 Å². The number of carbonyl (C=O) groups excluding carboxylic acids is 1. The third kappa shape index (κ3) is 4.51. The van der Waals surface area contributed by atoms with E-state index in [9.17, 15) is 9.90 Å². The standard InChI is InChI=1S/C14H18BrNO2S/c1-14(18)7-2-8-16(10-14)13(17)9-19-12-5-3-11(15)4-6-12/h3-6,18H,2,7-10H2,1H3. The highest BCUT2D eigenvalue weighted by molar-refractivity contribution is 9.10. The van der Waals surface area contributed by atoms with Crippen LogP contribution in [0.5, 0.6) is 0 Å². The number of nitrogens with zero attached hydrogens (tertiary/aromatic N) is 1. The lowest BCUT2D eigenvalue weighted by Crippen LogP contribution is -2.49. The molecule has 0 radical (unpaired) electrons. The van der Waals surface area contributed by atoms with Gasteiger partial charge in [0, 0.05) is 22.5 Å². The lowest BCUT2D eigenvalue weighted by molar-refractivity contribution is -0.134. The number of amides is 1. The number of carbonyl (C=O) groups is 1. The molecule has 1 aliphatic heterocycles. The summed E-state index contributed by atoms with van der Waals surface area (Å²) >= 11 is 4.93. The monoisotopic (exact) mass is 343 g/mol. The van der Waals surface area contributed by atoms with Gasteiger partial charge >= 0.3 is 0 Å². The average Bonchev–Trinajstić information content (AvgIpc) is 2.36. The molecule has 1 unspecified atom stereocenters. The summed E-state index contributed by atoms with van der Waals surface area (Å²) in [5, 5.41) is 10.0. The Kier molecular flexibility index (Phi) is 4.92. The fourth-order valence-electron chi connectivity index (χ4n) is 2.20. The van der Waals surface area contributed by atoms with Gasteiger partial charge in [0.05, 0.1) is 11.4 Å². The number of likely N-dealkylation sites (tertiary alicyclic amines) is 1. The molecular weight excluding hydrogens is 326 g/mol. The molecule has 5 heteroatoms. The minimum atomic E-state index is -0.726. The number of halogens is 1. The van der Waals surface area contributed by atoms with Gasteiger partial charge in [-0.1, -0.05) is 15.9 Å².